The molecule has 0 spiro atoms. The van der Waals surface area contributed by atoms with E-state index >= 15 is 0 Å². The molecule has 0 amide bonds. The van der Waals surface area contributed by atoms with Gasteiger partial charge in [0.1, 0.15) is 5.69 Å². The maximum Gasteiger partial charge on any atom is 0.432 e. The molecule has 4 nitrogen and oxygen atoms in total. The van der Waals surface area contributed by atoms with Crippen LogP contribution in [0.4, 0.5) is 13.2 Å². The fraction of sp³-hybridized carbons (Fsp3) is 0.583. The first-order chi connectivity index (χ1) is 8.81. The molecule has 0 bridgehead atoms. The van der Waals surface area contributed by atoms with Crippen LogP contribution in [-0.4, -0.2) is 40.2 Å². The lowest BCUT2D eigenvalue weighted by molar-refractivity contribution is -0.144. The Morgan fingerprint density at radius 2 is 1.95 bits per heavy atom. The van der Waals surface area contributed by atoms with Gasteiger partial charge in [0.25, 0.3) is 0 Å². The van der Waals surface area contributed by atoms with Crippen molar-refractivity contribution in [3.8, 4) is 0 Å². The third-order valence-electron chi connectivity index (χ3n) is 3.01. The molecule has 1 N–H and O–H groups in total. The van der Waals surface area contributed by atoms with E-state index in [1.807, 2.05) is 18.7 Å². The molecule has 0 fully saturated rings. The normalized spacial score (nSPS) is 12.1. The summed E-state index contributed by atoms with van der Waals surface area (Å²) in [6.07, 6.45) is -3.49. The first-order valence-electron chi connectivity index (χ1n) is 6.03. The van der Waals surface area contributed by atoms with E-state index in [0.717, 1.165) is 23.7 Å². The second-order valence-corrected chi connectivity index (χ2v) is 4.10. The number of likely N-dealkylation sites (N-methyl/N-ethyl adjacent to an activating group) is 1. The number of alkyl halides is 3. The molecule has 0 aliphatic heterocycles. The van der Waals surface area contributed by atoms with Crippen molar-refractivity contribution in [2.75, 3.05) is 19.6 Å². The number of carboxylic acid groups (broad SMARTS) is 1. The molecule has 1 aromatic heterocycles. The molecular formula is C12H17F3N2O2. The zero-order chi connectivity index (χ0) is 14.6. The van der Waals surface area contributed by atoms with E-state index < -0.39 is 23.4 Å². The van der Waals surface area contributed by atoms with E-state index in [0.29, 0.717) is 6.54 Å². The minimum atomic E-state index is -4.67. The molecule has 108 valence electrons. The largest absolute Gasteiger partial charge is 0.478 e. The van der Waals surface area contributed by atoms with Gasteiger partial charge < -0.3 is 14.6 Å². The predicted octanol–water partition coefficient (Wildman–Crippen LogP) is 2.55. The second kappa shape index (κ2) is 6.10. The van der Waals surface area contributed by atoms with Crippen LogP contribution in [0.2, 0.25) is 0 Å². The summed E-state index contributed by atoms with van der Waals surface area (Å²) in [6, 6.07) is 0.993. The Hall–Kier alpha value is -1.50. The van der Waals surface area contributed by atoms with Crippen LogP contribution < -0.4 is 0 Å². The molecule has 0 atom stereocenters. The molecule has 19 heavy (non-hydrogen) atoms. The van der Waals surface area contributed by atoms with Crippen molar-refractivity contribution < 1.29 is 23.1 Å². The Morgan fingerprint density at radius 1 is 1.37 bits per heavy atom. The lowest BCUT2D eigenvalue weighted by Gasteiger charge is -2.20. The number of hydrogen-bond donors (Lipinski definition) is 1. The summed E-state index contributed by atoms with van der Waals surface area (Å²) in [5.41, 5.74) is -1.79. The molecule has 0 unspecified atom stereocenters. The van der Waals surface area contributed by atoms with Crippen LogP contribution in [-0.2, 0) is 12.7 Å². The second-order valence-electron chi connectivity index (χ2n) is 4.10. The lowest BCUT2D eigenvalue weighted by atomic mass is 10.2. The Labute approximate surface area is 109 Å². The van der Waals surface area contributed by atoms with E-state index in [-0.39, 0.29) is 6.54 Å². The van der Waals surface area contributed by atoms with Gasteiger partial charge in [-0.3, -0.25) is 0 Å². The Balaban J connectivity index is 2.99. The number of carboxylic acids is 1. The minimum Gasteiger partial charge on any atom is -0.478 e. The number of halogens is 3. The number of aromatic nitrogens is 1. The molecule has 0 saturated carbocycles. The average molecular weight is 278 g/mol. The Morgan fingerprint density at radius 3 is 2.37 bits per heavy atom. The van der Waals surface area contributed by atoms with Gasteiger partial charge in [-0.2, -0.15) is 13.2 Å². The fourth-order valence-electron chi connectivity index (χ4n) is 1.94. The molecule has 1 rings (SSSR count). The third kappa shape index (κ3) is 3.73. The zero-order valence-electron chi connectivity index (χ0n) is 10.9. The van der Waals surface area contributed by atoms with Gasteiger partial charge in [0.05, 0.1) is 5.56 Å². The van der Waals surface area contributed by atoms with Crippen LogP contribution >= 0.6 is 0 Å². The van der Waals surface area contributed by atoms with Gasteiger partial charge in [0.2, 0.25) is 0 Å². The van der Waals surface area contributed by atoms with Crippen LogP contribution in [0, 0.1) is 0 Å². The highest BCUT2D eigenvalue weighted by molar-refractivity contribution is 5.89. The highest BCUT2D eigenvalue weighted by Gasteiger charge is 2.39. The molecular weight excluding hydrogens is 261 g/mol. The van der Waals surface area contributed by atoms with E-state index in [1.165, 1.54) is 6.20 Å². The van der Waals surface area contributed by atoms with E-state index in [9.17, 15) is 18.0 Å². The van der Waals surface area contributed by atoms with Crippen LogP contribution in [0.3, 0.4) is 0 Å². The molecule has 1 aromatic rings. The van der Waals surface area contributed by atoms with Crippen molar-refractivity contribution in [2.45, 2.75) is 26.6 Å². The van der Waals surface area contributed by atoms with Crippen molar-refractivity contribution >= 4 is 5.97 Å². The first kappa shape index (κ1) is 15.6. The summed E-state index contributed by atoms with van der Waals surface area (Å²) >= 11 is 0. The van der Waals surface area contributed by atoms with Gasteiger partial charge in [0, 0.05) is 19.3 Å². The monoisotopic (exact) mass is 278 g/mol. The molecule has 0 aromatic carbocycles. The average Bonchev–Trinajstić information content (AvgIpc) is 2.74. The van der Waals surface area contributed by atoms with Gasteiger partial charge in [-0.25, -0.2) is 4.79 Å². The summed E-state index contributed by atoms with van der Waals surface area (Å²) in [5, 5.41) is 8.79. The summed E-state index contributed by atoms with van der Waals surface area (Å²) < 4.78 is 39.6. The van der Waals surface area contributed by atoms with E-state index in [4.69, 9.17) is 5.11 Å². The number of rotatable bonds is 6. The van der Waals surface area contributed by atoms with E-state index in [2.05, 4.69) is 0 Å². The highest BCUT2D eigenvalue weighted by atomic mass is 19.4. The van der Waals surface area contributed by atoms with Gasteiger partial charge in [0.15, 0.2) is 0 Å². The fourth-order valence-corrected chi connectivity index (χ4v) is 1.94. The summed E-state index contributed by atoms with van der Waals surface area (Å²) in [4.78, 5) is 12.8. The molecule has 0 saturated heterocycles. The van der Waals surface area contributed by atoms with Crippen molar-refractivity contribution in [1.82, 2.24) is 9.47 Å². The molecule has 0 aliphatic rings. The smallest absolute Gasteiger partial charge is 0.432 e. The van der Waals surface area contributed by atoms with Gasteiger partial charge >= 0.3 is 12.1 Å². The maximum absolute atomic E-state index is 12.9. The molecule has 7 heteroatoms. The first-order valence-corrected chi connectivity index (χ1v) is 6.03. The van der Waals surface area contributed by atoms with Crippen LogP contribution in [0.5, 0.6) is 0 Å². The van der Waals surface area contributed by atoms with Crippen molar-refractivity contribution in [1.29, 1.82) is 0 Å². The molecule has 0 aliphatic carbocycles. The van der Waals surface area contributed by atoms with Crippen LogP contribution in [0.15, 0.2) is 12.3 Å². The highest BCUT2D eigenvalue weighted by Crippen LogP contribution is 2.32. The SMILES string of the molecule is CCN(CC)CCn1ccc(C(=O)O)c1C(F)(F)F. The third-order valence-corrected chi connectivity index (χ3v) is 3.01. The number of nitrogens with zero attached hydrogens (tertiary/aromatic N) is 2. The van der Waals surface area contributed by atoms with Crippen molar-refractivity contribution in [3.63, 3.8) is 0 Å². The summed E-state index contributed by atoms with van der Waals surface area (Å²) in [5.74, 6) is -1.56. The lowest BCUT2D eigenvalue weighted by Crippen LogP contribution is -2.28. The van der Waals surface area contributed by atoms with Crippen LogP contribution in [0.1, 0.15) is 29.9 Å². The minimum absolute atomic E-state index is 0.115. The molecule has 0 radical (unpaired) electrons. The maximum atomic E-state index is 12.9. The Kier molecular flexibility index (Phi) is 4.99. The number of carbonyl (C=O) groups is 1. The zero-order valence-corrected chi connectivity index (χ0v) is 10.9. The number of aromatic carboxylic acids is 1. The predicted molar refractivity (Wildman–Crippen MR) is 64.2 cm³/mol. The van der Waals surface area contributed by atoms with Crippen molar-refractivity contribution in [3.05, 3.63) is 23.5 Å². The standard InChI is InChI=1S/C12H17F3N2O2/c1-3-16(4-2)7-8-17-6-5-9(11(18)19)10(17)12(13,14)15/h5-6H,3-4,7-8H2,1-2H3,(H,18,19). The van der Waals surface area contributed by atoms with Crippen molar-refractivity contribution in [2.24, 2.45) is 0 Å². The quantitative estimate of drug-likeness (QED) is 0.869. The summed E-state index contributed by atoms with van der Waals surface area (Å²) in [6.45, 7) is 5.89. The Bertz CT molecular complexity index is 437. The van der Waals surface area contributed by atoms with Crippen LogP contribution in [0.25, 0.3) is 0 Å². The van der Waals surface area contributed by atoms with Gasteiger partial charge in [-0.15, -0.1) is 0 Å². The molecule has 1 heterocycles. The van der Waals surface area contributed by atoms with Gasteiger partial charge in [-0.05, 0) is 19.2 Å². The number of hydrogen-bond acceptors (Lipinski definition) is 2. The van der Waals surface area contributed by atoms with Gasteiger partial charge in [-0.1, -0.05) is 13.8 Å². The van der Waals surface area contributed by atoms with E-state index in [1.54, 1.807) is 0 Å². The summed E-state index contributed by atoms with van der Waals surface area (Å²) in [7, 11) is 0. The topological polar surface area (TPSA) is 45.5 Å².